The molecule has 0 saturated carbocycles. The van der Waals surface area contributed by atoms with E-state index < -0.39 is 18.6 Å². The second-order valence-corrected chi connectivity index (χ2v) is 2.64. The highest BCUT2D eigenvalue weighted by atomic mass is 19.3. The third kappa shape index (κ3) is 2.02. The number of pyridine rings is 1. The van der Waals surface area contributed by atoms with E-state index in [2.05, 4.69) is 4.98 Å². The molecule has 6 heteroatoms. The maximum atomic E-state index is 12.5. The monoisotopic (exact) mass is 214 g/mol. The minimum atomic E-state index is -2.76. The van der Waals surface area contributed by atoms with Gasteiger partial charge in [-0.15, -0.1) is 0 Å². The molecule has 0 aliphatic rings. The zero-order valence-corrected chi connectivity index (χ0v) is 7.87. The van der Waals surface area contributed by atoms with Crippen molar-refractivity contribution in [3.05, 3.63) is 23.0 Å². The van der Waals surface area contributed by atoms with Gasteiger partial charge in [0.1, 0.15) is 6.07 Å². The zero-order chi connectivity index (χ0) is 11.4. The molecule has 0 bridgehead atoms. The topological polar surface area (TPSA) is 66.1 Å². The number of methoxy groups -OCH3 is 1. The second kappa shape index (κ2) is 4.66. The van der Waals surface area contributed by atoms with Crippen molar-refractivity contribution in [3.63, 3.8) is 0 Å². The van der Waals surface area contributed by atoms with Crippen LogP contribution in [0.3, 0.4) is 0 Å². The van der Waals surface area contributed by atoms with Crippen LogP contribution in [0.15, 0.2) is 6.20 Å². The highest BCUT2D eigenvalue weighted by Crippen LogP contribution is 2.30. The van der Waals surface area contributed by atoms with E-state index >= 15 is 0 Å². The van der Waals surface area contributed by atoms with Crippen molar-refractivity contribution in [1.29, 1.82) is 5.26 Å². The van der Waals surface area contributed by atoms with Crippen LogP contribution >= 0.6 is 0 Å². The van der Waals surface area contributed by atoms with Gasteiger partial charge in [-0.1, -0.05) is 0 Å². The predicted molar refractivity (Wildman–Crippen MR) is 46.4 cm³/mol. The third-order valence-electron chi connectivity index (χ3n) is 1.87. The molecule has 1 aromatic heterocycles. The number of nitrogens with zero attached hydrogens (tertiary/aromatic N) is 2. The fraction of sp³-hybridized carbons (Fsp3) is 0.333. The van der Waals surface area contributed by atoms with Crippen LogP contribution in [-0.2, 0) is 6.61 Å². The smallest absolute Gasteiger partial charge is 0.265 e. The van der Waals surface area contributed by atoms with Crippen molar-refractivity contribution in [2.75, 3.05) is 7.11 Å². The first kappa shape index (κ1) is 11.3. The molecule has 0 saturated heterocycles. The number of nitriles is 1. The van der Waals surface area contributed by atoms with Gasteiger partial charge in [0.05, 0.1) is 13.7 Å². The summed E-state index contributed by atoms with van der Waals surface area (Å²) in [5.41, 5.74) is -0.640. The summed E-state index contributed by atoms with van der Waals surface area (Å²) in [6, 6.07) is 1.70. The Morgan fingerprint density at radius 3 is 2.73 bits per heavy atom. The fourth-order valence-electron chi connectivity index (χ4n) is 1.20. The Kier molecular flexibility index (Phi) is 3.52. The Bertz CT molecular complexity index is 402. The van der Waals surface area contributed by atoms with Crippen molar-refractivity contribution >= 4 is 0 Å². The quantitative estimate of drug-likeness (QED) is 0.825. The molecular weight excluding hydrogens is 206 g/mol. The number of hydrogen-bond acceptors (Lipinski definition) is 4. The molecule has 0 amide bonds. The van der Waals surface area contributed by atoms with Gasteiger partial charge in [-0.2, -0.15) is 5.26 Å². The molecule has 80 valence electrons. The maximum Gasteiger partial charge on any atom is 0.265 e. The number of aromatic nitrogens is 1. The highest BCUT2D eigenvalue weighted by molar-refractivity contribution is 5.47. The van der Waals surface area contributed by atoms with Gasteiger partial charge in [0.15, 0.2) is 11.4 Å². The SMILES string of the molecule is COc1c(C#N)ncc(C(F)F)c1CO. The molecule has 1 rings (SSSR count). The van der Waals surface area contributed by atoms with Crippen LogP contribution in [0.4, 0.5) is 8.78 Å². The summed E-state index contributed by atoms with van der Waals surface area (Å²) in [6.07, 6.45) is -1.89. The Morgan fingerprint density at radius 1 is 1.67 bits per heavy atom. The van der Waals surface area contributed by atoms with Gasteiger partial charge in [0.25, 0.3) is 6.43 Å². The summed E-state index contributed by atoms with van der Waals surface area (Å²) < 4.78 is 29.7. The summed E-state index contributed by atoms with van der Waals surface area (Å²) in [5, 5.41) is 17.6. The van der Waals surface area contributed by atoms with Crippen LogP contribution in [0.1, 0.15) is 23.2 Å². The number of rotatable bonds is 3. The standard InChI is InChI=1S/C9H8F2N2O2/c1-15-8-6(4-14)5(9(10)11)3-13-7(8)2-12/h3,9,14H,4H2,1H3. The van der Waals surface area contributed by atoms with Crippen molar-refractivity contribution < 1.29 is 18.6 Å². The number of hydrogen-bond donors (Lipinski definition) is 1. The van der Waals surface area contributed by atoms with Crippen LogP contribution in [-0.4, -0.2) is 17.2 Å². The van der Waals surface area contributed by atoms with E-state index in [0.29, 0.717) is 0 Å². The molecule has 0 radical (unpaired) electrons. The summed E-state index contributed by atoms with van der Waals surface area (Å²) in [6.45, 7) is -0.625. The first-order valence-corrected chi connectivity index (χ1v) is 4.00. The van der Waals surface area contributed by atoms with E-state index in [1.807, 2.05) is 0 Å². The molecule has 0 atom stereocenters. The van der Waals surface area contributed by atoms with E-state index in [0.717, 1.165) is 6.20 Å². The predicted octanol–water partition coefficient (Wildman–Crippen LogP) is 1.39. The molecule has 0 aromatic carbocycles. The summed E-state index contributed by atoms with van der Waals surface area (Å²) >= 11 is 0. The molecule has 0 aliphatic heterocycles. The largest absolute Gasteiger partial charge is 0.493 e. The van der Waals surface area contributed by atoms with Gasteiger partial charge in [-0.25, -0.2) is 13.8 Å². The van der Waals surface area contributed by atoms with Crippen LogP contribution in [0, 0.1) is 11.3 Å². The van der Waals surface area contributed by atoms with Gasteiger partial charge < -0.3 is 9.84 Å². The van der Waals surface area contributed by atoms with Crippen molar-refractivity contribution in [3.8, 4) is 11.8 Å². The average molecular weight is 214 g/mol. The van der Waals surface area contributed by atoms with Crippen LogP contribution in [0.25, 0.3) is 0 Å². The van der Waals surface area contributed by atoms with Crippen LogP contribution < -0.4 is 4.74 Å². The summed E-state index contributed by atoms with van der Waals surface area (Å²) in [4.78, 5) is 3.52. The van der Waals surface area contributed by atoms with Gasteiger partial charge in [0.2, 0.25) is 0 Å². The van der Waals surface area contributed by atoms with Gasteiger partial charge in [0, 0.05) is 17.3 Å². The molecular formula is C9H8F2N2O2. The molecule has 4 nitrogen and oxygen atoms in total. The van der Waals surface area contributed by atoms with Gasteiger partial charge in [-0.05, 0) is 0 Å². The highest BCUT2D eigenvalue weighted by Gasteiger charge is 2.20. The van der Waals surface area contributed by atoms with Crippen molar-refractivity contribution in [2.45, 2.75) is 13.0 Å². The lowest BCUT2D eigenvalue weighted by atomic mass is 10.1. The summed E-state index contributed by atoms with van der Waals surface area (Å²) in [5.74, 6) is -0.0993. The Morgan fingerprint density at radius 2 is 2.33 bits per heavy atom. The molecule has 1 heterocycles. The zero-order valence-electron chi connectivity index (χ0n) is 7.87. The molecule has 0 fully saturated rings. The molecule has 0 unspecified atom stereocenters. The molecule has 0 spiro atoms. The minimum Gasteiger partial charge on any atom is -0.493 e. The second-order valence-electron chi connectivity index (χ2n) is 2.64. The molecule has 1 aromatic rings. The van der Waals surface area contributed by atoms with Crippen molar-refractivity contribution in [1.82, 2.24) is 4.98 Å². The number of halogens is 2. The maximum absolute atomic E-state index is 12.5. The number of aliphatic hydroxyl groups excluding tert-OH is 1. The van der Waals surface area contributed by atoms with Gasteiger partial charge in [-0.3, -0.25) is 0 Å². The third-order valence-corrected chi connectivity index (χ3v) is 1.87. The average Bonchev–Trinajstić information content (AvgIpc) is 2.26. The van der Waals surface area contributed by atoms with E-state index in [9.17, 15) is 8.78 Å². The number of alkyl halides is 2. The first-order valence-electron chi connectivity index (χ1n) is 4.00. The van der Waals surface area contributed by atoms with Crippen LogP contribution in [0.5, 0.6) is 5.75 Å². The lowest BCUT2D eigenvalue weighted by molar-refractivity contribution is 0.145. The lowest BCUT2D eigenvalue weighted by Crippen LogP contribution is -2.03. The molecule has 15 heavy (non-hydrogen) atoms. The molecule has 1 N–H and O–H groups in total. The van der Waals surface area contributed by atoms with E-state index in [4.69, 9.17) is 15.1 Å². The lowest BCUT2D eigenvalue weighted by Gasteiger charge is -2.11. The summed E-state index contributed by atoms with van der Waals surface area (Å²) in [7, 11) is 1.23. The van der Waals surface area contributed by atoms with E-state index in [-0.39, 0.29) is 17.0 Å². The first-order chi connectivity index (χ1) is 7.15. The fourth-order valence-corrected chi connectivity index (χ4v) is 1.20. The van der Waals surface area contributed by atoms with Gasteiger partial charge >= 0.3 is 0 Å². The normalized spacial score (nSPS) is 10.1. The Balaban J connectivity index is 3.42. The van der Waals surface area contributed by atoms with Crippen molar-refractivity contribution in [2.24, 2.45) is 0 Å². The van der Waals surface area contributed by atoms with E-state index in [1.54, 1.807) is 6.07 Å². The Labute approximate surface area is 84.7 Å². The Hall–Kier alpha value is -1.74. The minimum absolute atomic E-state index is 0.0981. The number of aliphatic hydroxyl groups is 1. The van der Waals surface area contributed by atoms with E-state index in [1.165, 1.54) is 7.11 Å². The number of ether oxygens (including phenoxy) is 1. The molecule has 0 aliphatic carbocycles. The van der Waals surface area contributed by atoms with Crippen LogP contribution in [0.2, 0.25) is 0 Å².